The van der Waals surface area contributed by atoms with Crippen molar-refractivity contribution in [1.29, 1.82) is 0 Å². The summed E-state index contributed by atoms with van der Waals surface area (Å²) in [4.78, 5) is 4.46. The van der Waals surface area contributed by atoms with Gasteiger partial charge in [0.25, 0.3) is 0 Å². The molecule has 3 rings (SSSR count). The molecular formula is C15H19N3O3S. The van der Waals surface area contributed by atoms with E-state index in [4.69, 9.17) is 4.52 Å². The van der Waals surface area contributed by atoms with Crippen LogP contribution in [0.2, 0.25) is 0 Å². The number of aryl methyl sites for hydroxylation is 1. The molecule has 1 fully saturated rings. The van der Waals surface area contributed by atoms with Crippen molar-refractivity contribution in [2.45, 2.75) is 25.7 Å². The van der Waals surface area contributed by atoms with Gasteiger partial charge in [0.15, 0.2) is 0 Å². The Bertz CT molecular complexity index is 770. The van der Waals surface area contributed by atoms with Gasteiger partial charge in [-0.25, -0.2) is 12.7 Å². The van der Waals surface area contributed by atoms with E-state index in [1.54, 1.807) is 0 Å². The number of nitrogens with zero attached hydrogens (tertiary/aromatic N) is 3. The molecule has 2 aromatic rings. The van der Waals surface area contributed by atoms with Crippen LogP contribution in [0.25, 0.3) is 11.4 Å². The molecule has 1 aromatic heterocycles. The van der Waals surface area contributed by atoms with Gasteiger partial charge < -0.3 is 4.52 Å². The topological polar surface area (TPSA) is 76.3 Å². The van der Waals surface area contributed by atoms with Gasteiger partial charge in [-0.2, -0.15) is 4.98 Å². The molecule has 0 aliphatic carbocycles. The molecule has 0 bridgehead atoms. The first-order valence-electron chi connectivity index (χ1n) is 7.29. The summed E-state index contributed by atoms with van der Waals surface area (Å²) >= 11 is 0. The van der Waals surface area contributed by atoms with Gasteiger partial charge in [-0.05, 0) is 25.8 Å². The SMILES string of the molecule is Cc1cccc(-c2noc(C3CCCN(S(C)(=O)=O)C3)n2)c1. The fraction of sp³-hybridized carbons (Fsp3) is 0.467. The molecule has 0 radical (unpaired) electrons. The molecule has 0 N–H and O–H groups in total. The van der Waals surface area contributed by atoms with Crippen LogP contribution in [0.5, 0.6) is 0 Å². The maximum Gasteiger partial charge on any atom is 0.231 e. The molecule has 1 unspecified atom stereocenters. The standard InChI is InChI=1S/C15H19N3O3S/c1-11-5-3-6-12(9-11)14-16-15(21-17-14)13-7-4-8-18(10-13)22(2,19)20/h3,5-6,9,13H,4,7-8,10H2,1-2H3. The summed E-state index contributed by atoms with van der Waals surface area (Å²) in [6.45, 7) is 2.98. The quantitative estimate of drug-likeness (QED) is 0.866. The molecule has 1 saturated heterocycles. The van der Waals surface area contributed by atoms with Crippen molar-refractivity contribution in [3.63, 3.8) is 0 Å². The van der Waals surface area contributed by atoms with Gasteiger partial charge >= 0.3 is 0 Å². The predicted molar refractivity (Wildman–Crippen MR) is 82.9 cm³/mol. The minimum absolute atomic E-state index is 0.0328. The molecule has 2 heterocycles. The maximum atomic E-state index is 11.7. The van der Waals surface area contributed by atoms with Gasteiger partial charge in [0.1, 0.15) is 0 Å². The Kier molecular flexibility index (Phi) is 4.01. The zero-order valence-corrected chi connectivity index (χ0v) is 13.5. The molecule has 0 spiro atoms. The van der Waals surface area contributed by atoms with Crippen molar-refractivity contribution >= 4 is 10.0 Å². The Balaban J connectivity index is 1.82. The predicted octanol–water partition coefficient (Wildman–Crippen LogP) is 2.18. The van der Waals surface area contributed by atoms with Crippen LogP contribution in [0.3, 0.4) is 0 Å². The maximum absolute atomic E-state index is 11.7. The monoisotopic (exact) mass is 321 g/mol. The Morgan fingerprint density at radius 1 is 1.36 bits per heavy atom. The van der Waals surface area contributed by atoms with E-state index >= 15 is 0 Å². The fourth-order valence-electron chi connectivity index (χ4n) is 2.75. The van der Waals surface area contributed by atoms with E-state index in [1.165, 1.54) is 10.6 Å². The summed E-state index contributed by atoms with van der Waals surface area (Å²) in [5, 5.41) is 4.04. The lowest BCUT2D eigenvalue weighted by Gasteiger charge is -2.28. The van der Waals surface area contributed by atoms with Crippen molar-refractivity contribution in [3.8, 4) is 11.4 Å². The van der Waals surface area contributed by atoms with Crippen LogP contribution in [-0.2, 0) is 10.0 Å². The van der Waals surface area contributed by atoms with Crippen LogP contribution in [-0.4, -0.2) is 42.2 Å². The highest BCUT2D eigenvalue weighted by molar-refractivity contribution is 7.88. The van der Waals surface area contributed by atoms with Crippen molar-refractivity contribution < 1.29 is 12.9 Å². The molecule has 22 heavy (non-hydrogen) atoms. The number of aromatic nitrogens is 2. The molecule has 0 saturated carbocycles. The first-order chi connectivity index (χ1) is 10.4. The number of sulfonamides is 1. The Morgan fingerprint density at radius 3 is 2.91 bits per heavy atom. The van der Waals surface area contributed by atoms with E-state index in [1.807, 2.05) is 31.2 Å². The van der Waals surface area contributed by atoms with Crippen LogP contribution < -0.4 is 0 Å². The Labute approximate surface area is 130 Å². The summed E-state index contributed by atoms with van der Waals surface area (Å²) in [7, 11) is -3.17. The average molecular weight is 321 g/mol. The third-order valence-electron chi connectivity index (χ3n) is 3.92. The van der Waals surface area contributed by atoms with Gasteiger partial charge in [0.2, 0.25) is 21.7 Å². The molecule has 1 aromatic carbocycles. The first kappa shape index (κ1) is 15.2. The highest BCUT2D eigenvalue weighted by Gasteiger charge is 2.30. The Morgan fingerprint density at radius 2 is 2.18 bits per heavy atom. The summed E-state index contributed by atoms with van der Waals surface area (Å²) in [5.41, 5.74) is 2.04. The molecule has 1 atom stereocenters. The highest BCUT2D eigenvalue weighted by Crippen LogP contribution is 2.28. The second-order valence-corrected chi connectivity index (χ2v) is 7.77. The number of hydrogen-bond acceptors (Lipinski definition) is 5. The van der Waals surface area contributed by atoms with Crippen molar-refractivity contribution in [3.05, 3.63) is 35.7 Å². The van der Waals surface area contributed by atoms with E-state index in [2.05, 4.69) is 10.1 Å². The van der Waals surface area contributed by atoms with Crippen molar-refractivity contribution in [1.82, 2.24) is 14.4 Å². The van der Waals surface area contributed by atoms with E-state index in [-0.39, 0.29) is 5.92 Å². The van der Waals surface area contributed by atoms with Crippen LogP contribution in [0, 0.1) is 6.92 Å². The first-order valence-corrected chi connectivity index (χ1v) is 9.14. The molecule has 6 nitrogen and oxygen atoms in total. The van der Waals surface area contributed by atoms with Crippen molar-refractivity contribution in [2.24, 2.45) is 0 Å². The number of benzene rings is 1. The van der Waals surface area contributed by atoms with Gasteiger partial charge in [-0.1, -0.05) is 28.9 Å². The highest BCUT2D eigenvalue weighted by atomic mass is 32.2. The number of piperidine rings is 1. The molecule has 7 heteroatoms. The second-order valence-electron chi connectivity index (χ2n) is 5.79. The lowest BCUT2D eigenvalue weighted by atomic mass is 10.00. The second kappa shape index (κ2) is 5.81. The molecule has 0 amide bonds. The lowest BCUT2D eigenvalue weighted by Crippen LogP contribution is -2.38. The largest absolute Gasteiger partial charge is 0.339 e. The molecule has 1 aliphatic rings. The zero-order chi connectivity index (χ0) is 15.7. The van der Waals surface area contributed by atoms with Crippen molar-refractivity contribution in [2.75, 3.05) is 19.3 Å². The molecule has 118 valence electrons. The summed E-state index contributed by atoms with van der Waals surface area (Å²) < 4.78 is 30.2. The van der Waals surface area contributed by atoms with Gasteiger partial charge in [-0.3, -0.25) is 0 Å². The third kappa shape index (κ3) is 3.20. The van der Waals surface area contributed by atoms with Crippen LogP contribution in [0.1, 0.15) is 30.2 Å². The number of rotatable bonds is 3. The fourth-order valence-corrected chi connectivity index (χ4v) is 3.66. The summed E-state index contributed by atoms with van der Waals surface area (Å²) in [6, 6.07) is 7.89. The van der Waals surface area contributed by atoms with E-state index < -0.39 is 10.0 Å². The van der Waals surface area contributed by atoms with E-state index in [0.717, 1.165) is 24.0 Å². The Hall–Kier alpha value is -1.73. The van der Waals surface area contributed by atoms with E-state index in [9.17, 15) is 8.42 Å². The van der Waals surface area contributed by atoms with Gasteiger partial charge in [0, 0.05) is 18.7 Å². The minimum Gasteiger partial charge on any atom is -0.339 e. The molecule has 1 aliphatic heterocycles. The van der Waals surface area contributed by atoms with E-state index in [0.29, 0.717) is 24.8 Å². The summed E-state index contributed by atoms with van der Waals surface area (Å²) in [5.74, 6) is 1.04. The smallest absolute Gasteiger partial charge is 0.231 e. The normalized spacial score (nSPS) is 20.2. The van der Waals surface area contributed by atoms with Gasteiger partial charge in [0.05, 0.1) is 12.2 Å². The number of hydrogen-bond donors (Lipinski definition) is 0. The lowest BCUT2D eigenvalue weighted by molar-refractivity contribution is 0.266. The third-order valence-corrected chi connectivity index (χ3v) is 5.19. The van der Waals surface area contributed by atoms with Gasteiger partial charge in [-0.15, -0.1) is 0 Å². The minimum atomic E-state index is -3.17. The summed E-state index contributed by atoms with van der Waals surface area (Å²) in [6.07, 6.45) is 2.91. The van der Waals surface area contributed by atoms with Crippen LogP contribution in [0.4, 0.5) is 0 Å². The van der Waals surface area contributed by atoms with Crippen LogP contribution in [0.15, 0.2) is 28.8 Å². The average Bonchev–Trinajstić information content (AvgIpc) is 2.96. The molecular weight excluding hydrogens is 302 g/mol. The zero-order valence-electron chi connectivity index (χ0n) is 12.7. The van der Waals surface area contributed by atoms with Crippen LogP contribution >= 0.6 is 0 Å².